The van der Waals surface area contributed by atoms with Gasteiger partial charge in [-0.15, -0.1) is 0 Å². The average Bonchev–Trinajstić information content (AvgIpc) is 3.17. The van der Waals surface area contributed by atoms with Gasteiger partial charge in [-0.25, -0.2) is 14.4 Å². The van der Waals surface area contributed by atoms with Gasteiger partial charge in [0.05, 0.1) is 5.60 Å². The number of hydrogen-bond acceptors (Lipinski definition) is 6. The molecule has 1 aliphatic carbocycles. The van der Waals surface area contributed by atoms with Crippen LogP contribution in [0.25, 0.3) is 0 Å². The SMILES string of the molecule is C=C1C(=O)O[C@H]2[C@H]1CC/C(COC(=O)/C=C\C(=O)O)=C\CC[C@@]1(C)O[C@@H]21. The standard InChI is InChI=1S/C19H22O7/c1-11-13-6-5-12(10-24-15(22)8-7-14(20)21)4-3-9-19(2)17(26-19)16(13)25-18(11)23/h4,7-8,13,16-17H,1,3,5-6,9-10H2,2H3,(H,20,21)/b8-7-,12-4+/t13-,16-,17-,19+/m0/s1. The molecule has 1 N–H and O–H groups in total. The van der Waals surface area contributed by atoms with Gasteiger partial charge >= 0.3 is 17.9 Å². The third kappa shape index (κ3) is 3.88. The summed E-state index contributed by atoms with van der Waals surface area (Å²) in [6.45, 7) is 5.96. The summed E-state index contributed by atoms with van der Waals surface area (Å²) in [5.41, 5.74) is 1.08. The van der Waals surface area contributed by atoms with Gasteiger partial charge in [-0.05, 0) is 38.2 Å². The van der Waals surface area contributed by atoms with Crippen LogP contribution in [0.15, 0.2) is 36.0 Å². The van der Waals surface area contributed by atoms with Gasteiger partial charge in [-0.2, -0.15) is 0 Å². The molecule has 0 aromatic heterocycles. The maximum absolute atomic E-state index is 11.9. The van der Waals surface area contributed by atoms with Gasteiger partial charge in [0.25, 0.3) is 0 Å². The molecule has 0 aromatic carbocycles. The van der Waals surface area contributed by atoms with E-state index in [1.807, 2.05) is 13.0 Å². The van der Waals surface area contributed by atoms with Crippen LogP contribution in [0.5, 0.6) is 0 Å². The number of epoxide rings is 1. The van der Waals surface area contributed by atoms with Crippen molar-refractivity contribution in [1.82, 2.24) is 0 Å². The smallest absolute Gasteiger partial charge is 0.334 e. The number of carboxylic acid groups (broad SMARTS) is 1. The number of rotatable bonds is 4. The zero-order chi connectivity index (χ0) is 18.9. The number of fused-ring (bicyclic) bond motifs is 3. The predicted molar refractivity (Wildman–Crippen MR) is 90.1 cm³/mol. The Balaban J connectivity index is 1.66. The number of esters is 2. The molecule has 2 aliphatic heterocycles. The lowest BCUT2D eigenvalue weighted by Crippen LogP contribution is -2.29. The first-order valence-electron chi connectivity index (χ1n) is 8.63. The van der Waals surface area contributed by atoms with Crippen molar-refractivity contribution in [2.75, 3.05) is 6.61 Å². The van der Waals surface area contributed by atoms with E-state index in [1.165, 1.54) is 0 Å². The van der Waals surface area contributed by atoms with E-state index in [1.54, 1.807) is 0 Å². The van der Waals surface area contributed by atoms with Crippen LogP contribution in [0.3, 0.4) is 0 Å². The van der Waals surface area contributed by atoms with E-state index in [-0.39, 0.29) is 36.3 Å². The molecule has 3 rings (SSSR count). The molecule has 3 aliphatic rings. The maximum atomic E-state index is 11.9. The van der Waals surface area contributed by atoms with Crippen molar-refractivity contribution in [3.63, 3.8) is 0 Å². The lowest BCUT2D eigenvalue weighted by Gasteiger charge is -2.20. The molecule has 7 heteroatoms. The summed E-state index contributed by atoms with van der Waals surface area (Å²) in [6.07, 6.45) is 6.08. The Labute approximate surface area is 151 Å². The van der Waals surface area contributed by atoms with Gasteiger partial charge in [-0.3, -0.25) is 0 Å². The quantitative estimate of drug-likeness (QED) is 0.353. The van der Waals surface area contributed by atoms with E-state index in [0.717, 1.165) is 30.6 Å². The highest BCUT2D eigenvalue weighted by molar-refractivity contribution is 5.91. The van der Waals surface area contributed by atoms with Crippen LogP contribution in [0, 0.1) is 5.92 Å². The van der Waals surface area contributed by atoms with Crippen LogP contribution in [0.1, 0.15) is 32.6 Å². The number of ether oxygens (including phenoxy) is 3. The molecule has 2 fully saturated rings. The summed E-state index contributed by atoms with van der Waals surface area (Å²) >= 11 is 0. The second-order valence-corrected chi connectivity index (χ2v) is 7.07. The van der Waals surface area contributed by atoms with Crippen molar-refractivity contribution in [3.8, 4) is 0 Å². The van der Waals surface area contributed by atoms with Gasteiger partial charge in [-0.1, -0.05) is 12.7 Å². The minimum Gasteiger partial charge on any atom is -0.478 e. The summed E-state index contributed by atoms with van der Waals surface area (Å²) in [5, 5.41) is 8.53. The number of aliphatic carboxylic acids is 1. The molecule has 0 bridgehead atoms. The molecular formula is C19H22O7. The first-order chi connectivity index (χ1) is 12.3. The fraction of sp³-hybridized carbons (Fsp3) is 0.526. The summed E-state index contributed by atoms with van der Waals surface area (Å²) in [6, 6.07) is 0. The Morgan fingerprint density at radius 2 is 2.23 bits per heavy atom. The highest BCUT2D eigenvalue weighted by Crippen LogP contribution is 2.49. The number of carbonyl (C=O) groups excluding carboxylic acids is 2. The third-order valence-electron chi connectivity index (χ3n) is 5.20. The molecule has 2 heterocycles. The van der Waals surface area contributed by atoms with Crippen LogP contribution >= 0.6 is 0 Å². The van der Waals surface area contributed by atoms with Gasteiger partial charge in [0.15, 0.2) is 0 Å². The van der Waals surface area contributed by atoms with Crippen molar-refractivity contribution in [2.24, 2.45) is 5.92 Å². The summed E-state index contributed by atoms with van der Waals surface area (Å²) in [5.74, 6) is -2.39. The monoisotopic (exact) mass is 362 g/mol. The summed E-state index contributed by atoms with van der Waals surface area (Å²) < 4.78 is 16.4. The predicted octanol–water partition coefficient (Wildman–Crippen LogP) is 1.93. The van der Waals surface area contributed by atoms with Crippen LogP contribution < -0.4 is 0 Å². The van der Waals surface area contributed by atoms with Crippen molar-refractivity contribution in [2.45, 2.75) is 50.4 Å². The lowest BCUT2D eigenvalue weighted by molar-refractivity contribution is -0.140. The molecule has 4 atom stereocenters. The van der Waals surface area contributed by atoms with Crippen LogP contribution in [-0.2, 0) is 28.6 Å². The number of allylic oxidation sites excluding steroid dienone is 1. The zero-order valence-corrected chi connectivity index (χ0v) is 14.6. The maximum Gasteiger partial charge on any atom is 0.334 e. The first-order valence-corrected chi connectivity index (χ1v) is 8.63. The van der Waals surface area contributed by atoms with E-state index < -0.39 is 11.9 Å². The van der Waals surface area contributed by atoms with E-state index >= 15 is 0 Å². The van der Waals surface area contributed by atoms with E-state index in [4.69, 9.17) is 19.3 Å². The molecule has 0 saturated carbocycles. The van der Waals surface area contributed by atoms with Crippen molar-refractivity contribution in [3.05, 3.63) is 36.0 Å². The lowest BCUT2D eigenvalue weighted by atomic mass is 9.84. The molecule has 0 aromatic rings. The van der Waals surface area contributed by atoms with Crippen molar-refractivity contribution >= 4 is 17.9 Å². The molecule has 0 radical (unpaired) electrons. The normalized spacial score (nSPS) is 35.7. The number of hydrogen-bond donors (Lipinski definition) is 1. The average molecular weight is 362 g/mol. The minimum atomic E-state index is -1.21. The summed E-state index contributed by atoms with van der Waals surface area (Å²) in [4.78, 5) is 33.9. The molecule has 0 spiro atoms. The molecule has 7 nitrogen and oxygen atoms in total. The van der Waals surface area contributed by atoms with Gasteiger partial charge < -0.3 is 19.3 Å². The first kappa shape index (κ1) is 18.4. The Hall–Kier alpha value is -2.41. The van der Waals surface area contributed by atoms with E-state index in [0.29, 0.717) is 18.4 Å². The zero-order valence-electron chi connectivity index (χ0n) is 14.6. The Morgan fingerprint density at radius 1 is 1.46 bits per heavy atom. The minimum absolute atomic E-state index is 0.0858. The molecule has 26 heavy (non-hydrogen) atoms. The molecule has 0 unspecified atom stereocenters. The van der Waals surface area contributed by atoms with Crippen molar-refractivity contribution < 1.29 is 33.7 Å². The molecule has 0 amide bonds. The van der Waals surface area contributed by atoms with Gasteiger partial charge in [0, 0.05) is 23.6 Å². The Morgan fingerprint density at radius 3 is 2.96 bits per heavy atom. The van der Waals surface area contributed by atoms with Crippen molar-refractivity contribution in [1.29, 1.82) is 0 Å². The topological polar surface area (TPSA) is 102 Å². The Bertz CT molecular complexity index is 705. The largest absolute Gasteiger partial charge is 0.478 e. The highest BCUT2D eigenvalue weighted by Gasteiger charge is 2.61. The summed E-state index contributed by atoms with van der Waals surface area (Å²) in [7, 11) is 0. The van der Waals surface area contributed by atoms with Crippen LogP contribution in [-0.4, -0.2) is 47.4 Å². The molecular weight excluding hydrogens is 340 g/mol. The van der Waals surface area contributed by atoms with E-state index in [2.05, 4.69) is 6.58 Å². The van der Waals surface area contributed by atoms with Gasteiger partial charge in [0.2, 0.25) is 0 Å². The highest BCUT2D eigenvalue weighted by atomic mass is 16.6. The fourth-order valence-corrected chi connectivity index (χ4v) is 3.60. The molecule has 140 valence electrons. The van der Waals surface area contributed by atoms with Crippen LogP contribution in [0.4, 0.5) is 0 Å². The van der Waals surface area contributed by atoms with Gasteiger partial charge in [0.1, 0.15) is 18.8 Å². The number of carbonyl (C=O) groups is 3. The van der Waals surface area contributed by atoms with E-state index in [9.17, 15) is 14.4 Å². The molecule has 2 saturated heterocycles. The third-order valence-corrected chi connectivity index (χ3v) is 5.20. The number of carboxylic acids is 1. The second kappa shape index (κ2) is 7.07. The second-order valence-electron chi connectivity index (χ2n) is 7.07. The fourth-order valence-electron chi connectivity index (χ4n) is 3.60. The van der Waals surface area contributed by atoms with Crippen LogP contribution in [0.2, 0.25) is 0 Å². The Kier molecular flexibility index (Phi) is 5.00.